The van der Waals surface area contributed by atoms with Gasteiger partial charge in [0.15, 0.2) is 0 Å². The van der Waals surface area contributed by atoms with E-state index >= 15 is 0 Å². The summed E-state index contributed by atoms with van der Waals surface area (Å²) in [4.78, 5) is 0.744. The molecule has 0 aliphatic carbocycles. The summed E-state index contributed by atoms with van der Waals surface area (Å²) in [5, 5.41) is 20.9. The highest BCUT2D eigenvalue weighted by atomic mass is 32.1. The largest absolute Gasteiger partial charge is 0.489 e. The molecule has 6 heteroatoms. The van der Waals surface area contributed by atoms with Crippen molar-refractivity contribution in [2.45, 2.75) is 4.90 Å². The number of anilines is 1. The molecule has 1 aromatic heterocycles. The number of nitrogens with two attached hydrogens (primary N) is 1. The Kier molecular flexibility index (Phi) is 2.44. The molecule has 1 heterocycles. The lowest BCUT2D eigenvalue weighted by Gasteiger charge is -2.04. The fourth-order valence-electron chi connectivity index (χ4n) is 1.41. The first-order valence-corrected chi connectivity index (χ1v) is 5.28. The molecule has 0 aliphatic heterocycles. The highest BCUT2D eigenvalue weighted by molar-refractivity contribution is 7.80. The van der Waals surface area contributed by atoms with E-state index in [-0.39, 0.29) is 0 Å². The van der Waals surface area contributed by atoms with E-state index in [1.54, 1.807) is 12.1 Å². The molecule has 4 N–H and O–H groups in total. The second-order valence-corrected chi connectivity index (χ2v) is 4.37. The zero-order valence-electron chi connectivity index (χ0n) is 7.14. The molecule has 0 saturated heterocycles. The Morgan fingerprint density at radius 2 is 2.07 bits per heavy atom. The summed E-state index contributed by atoms with van der Waals surface area (Å²) < 4.78 is 0.915. The van der Waals surface area contributed by atoms with E-state index in [1.807, 2.05) is 5.38 Å². The van der Waals surface area contributed by atoms with E-state index < -0.39 is 7.12 Å². The van der Waals surface area contributed by atoms with Gasteiger partial charge in [-0.25, -0.2) is 0 Å². The first-order valence-electron chi connectivity index (χ1n) is 3.95. The Morgan fingerprint density at radius 3 is 2.71 bits per heavy atom. The number of thiophene rings is 1. The summed E-state index contributed by atoms with van der Waals surface area (Å²) in [6, 6.07) is 3.35. The van der Waals surface area contributed by atoms with Gasteiger partial charge in [-0.1, -0.05) is 0 Å². The van der Waals surface area contributed by atoms with Crippen molar-refractivity contribution in [1.82, 2.24) is 0 Å². The highest BCUT2D eigenvalue weighted by Gasteiger charge is 2.18. The Hall–Kier alpha value is -0.685. The van der Waals surface area contributed by atoms with Gasteiger partial charge in [0.05, 0.1) is 0 Å². The van der Waals surface area contributed by atoms with Gasteiger partial charge in [0, 0.05) is 26.0 Å². The summed E-state index contributed by atoms with van der Waals surface area (Å²) in [5.41, 5.74) is 6.56. The fraction of sp³-hybridized carbons (Fsp3) is 0. The molecule has 0 radical (unpaired) electrons. The normalized spacial score (nSPS) is 10.8. The molecule has 72 valence electrons. The average Bonchev–Trinajstić information content (AvgIpc) is 2.46. The van der Waals surface area contributed by atoms with Crippen LogP contribution in [0.15, 0.2) is 22.4 Å². The summed E-state index contributed by atoms with van der Waals surface area (Å²) in [5.74, 6) is 0. The van der Waals surface area contributed by atoms with Gasteiger partial charge in [-0.2, -0.15) is 0 Å². The zero-order chi connectivity index (χ0) is 10.3. The molecule has 0 spiro atoms. The Balaban J connectivity index is 2.83. The van der Waals surface area contributed by atoms with Crippen molar-refractivity contribution < 1.29 is 10.0 Å². The molecule has 2 rings (SSSR count). The highest BCUT2D eigenvalue weighted by Crippen LogP contribution is 2.28. The van der Waals surface area contributed by atoms with Crippen molar-refractivity contribution in [3.63, 3.8) is 0 Å². The van der Waals surface area contributed by atoms with Crippen LogP contribution in [0.1, 0.15) is 0 Å². The molecule has 0 aliphatic rings. The summed E-state index contributed by atoms with van der Waals surface area (Å²) in [6.07, 6.45) is 0. The van der Waals surface area contributed by atoms with Crippen LogP contribution in [0.3, 0.4) is 0 Å². The maximum absolute atomic E-state index is 9.16. The smallest absolute Gasteiger partial charge is 0.423 e. The molecule has 0 saturated carbocycles. The summed E-state index contributed by atoms with van der Waals surface area (Å²) in [6.45, 7) is 0. The monoisotopic (exact) mass is 225 g/mol. The molecule has 0 unspecified atom stereocenters. The van der Waals surface area contributed by atoms with Crippen molar-refractivity contribution >= 4 is 52.3 Å². The van der Waals surface area contributed by atoms with Gasteiger partial charge >= 0.3 is 7.12 Å². The number of benzene rings is 1. The molecular weight excluding hydrogens is 217 g/mol. The van der Waals surface area contributed by atoms with E-state index in [4.69, 9.17) is 15.8 Å². The van der Waals surface area contributed by atoms with Gasteiger partial charge < -0.3 is 15.8 Å². The minimum absolute atomic E-state index is 0.409. The third-order valence-corrected chi connectivity index (χ3v) is 3.44. The molecule has 1 aromatic carbocycles. The first kappa shape index (κ1) is 9.85. The quantitative estimate of drug-likeness (QED) is 0.323. The van der Waals surface area contributed by atoms with Crippen LogP contribution in [0.2, 0.25) is 0 Å². The molecule has 0 bridgehead atoms. The van der Waals surface area contributed by atoms with Crippen molar-refractivity contribution in [3.8, 4) is 0 Å². The lowest BCUT2D eigenvalue weighted by Crippen LogP contribution is -2.30. The fourth-order valence-corrected chi connectivity index (χ4v) is 2.80. The lowest BCUT2D eigenvalue weighted by atomic mass is 9.78. The van der Waals surface area contributed by atoms with Crippen molar-refractivity contribution in [2.75, 3.05) is 5.73 Å². The number of fused-ring (bicyclic) bond motifs is 1. The Labute approximate surface area is 90.7 Å². The standard InChI is InChI=1S/C8H8BNO2S2/c10-4-1-5(9(11)12)8-6(13)3-14-7(8)2-4/h1-3,11-13H,10H2. The van der Waals surface area contributed by atoms with E-state index in [1.165, 1.54) is 11.3 Å². The predicted molar refractivity (Wildman–Crippen MR) is 63.3 cm³/mol. The van der Waals surface area contributed by atoms with Crippen LogP contribution < -0.4 is 11.2 Å². The summed E-state index contributed by atoms with van der Waals surface area (Å²) in [7, 11) is -1.51. The van der Waals surface area contributed by atoms with Crippen LogP contribution in [0.25, 0.3) is 10.1 Å². The van der Waals surface area contributed by atoms with E-state index in [0.29, 0.717) is 11.2 Å². The van der Waals surface area contributed by atoms with Gasteiger partial charge in [-0.3, -0.25) is 0 Å². The minimum atomic E-state index is -1.51. The van der Waals surface area contributed by atoms with Crippen LogP contribution in [0.4, 0.5) is 5.69 Å². The van der Waals surface area contributed by atoms with E-state index in [0.717, 1.165) is 15.0 Å². The van der Waals surface area contributed by atoms with Gasteiger partial charge in [0.2, 0.25) is 0 Å². The number of nitrogen functional groups attached to an aromatic ring is 1. The topological polar surface area (TPSA) is 66.5 Å². The van der Waals surface area contributed by atoms with Crippen LogP contribution in [0, 0.1) is 0 Å². The van der Waals surface area contributed by atoms with Crippen LogP contribution >= 0.6 is 24.0 Å². The number of thiol groups is 1. The predicted octanol–water partition coefficient (Wildman–Crippen LogP) is 0.452. The molecule has 3 nitrogen and oxygen atoms in total. The van der Waals surface area contributed by atoms with E-state index in [2.05, 4.69) is 12.6 Å². The molecular formula is C8H8BNO2S2. The lowest BCUT2D eigenvalue weighted by molar-refractivity contribution is 0.426. The third-order valence-electron chi connectivity index (χ3n) is 1.99. The molecule has 2 aromatic rings. The van der Waals surface area contributed by atoms with Crippen molar-refractivity contribution in [1.29, 1.82) is 0 Å². The van der Waals surface area contributed by atoms with Crippen molar-refractivity contribution in [3.05, 3.63) is 17.5 Å². The minimum Gasteiger partial charge on any atom is -0.423 e. The molecule has 0 amide bonds. The SMILES string of the molecule is Nc1cc(B(O)O)c2c(S)csc2c1. The van der Waals surface area contributed by atoms with Gasteiger partial charge in [0.25, 0.3) is 0 Å². The number of hydrogen-bond acceptors (Lipinski definition) is 5. The first-order chi connectivity index (χ1) is 6.59. The summed E-state index contributed by atoms with van der Waals surface area (Å²) >= 11 is 5.73. The van der Waals surface area contributed by atoms with Crippen LogP contribution in [-0.2, 0) is 0 Å². The average molecular weight is 225 g/mol. The zero-order valence-corrected chi connectivity index (χ0v) is 8.85. The van der Waals surface area contributed by atoms with Gasteiger partial charge in [0.1, 0.15) is 0 Å². The van der Waals surface area contributed by atoms with Crippen molar-refractivity contribution in [2.24, 2.45) is 0 Å². The maximum Gasteiger partial charge on any atom is 0.489 e. The third kappa shape index (κ3) is 1.50. The number of rotatable bonds is 1. The molecule has 0 fully saturated rings. The second kappa shape index (κ2) is 3.47. The number of hydrogen-bond donors (Lipinski definition) is 4. The molecule has 0 atom stereocenters. The van der Waals surface area contributed by atoms with Crippen LogP contribution in [-0.4, -0.2) is 17.2 Å². The maximum atomic E-state index is 9.16. The van der Waals surface area contributed by atoms with Crippen LogP contribution in [0.5, 0.6) is 0 Å². The second-order valence-electron chi connectivity index (χ2n) is 2.98. The Morgan fingerprint density at radius 1 is 1.36 bits per heavy atom. The van der Waals surface area contributed by atoms with E-state index in [9.17, 15) is 0 Å². The van der Waals surface area contributed by atoms with Gasteiger partial charge in [-0.15, -0.1) is 24.0 Å². The Bertz CT molecular complexity index is 483. The molecule has 14 heavy (non-hydrogen) atoms. The van der Waals surface area contributed by atoms with Gasteiger partial charge in [-0.05, 0) is 17.6 Å².